The monoisotopic (exact) mass is 276 g/mol. The fourth-order valence-electron chi connectivity index (χ4n) is 1.90. The molecule has 1 aliphatic carbocycles. The van der Waals surface area contributed by atoms with Gasteiger partial charge in [0.25, 0.3) is 0 Å². The van der Waals surface area contributed by atoms with Crippen molar-refractivity contribution in [3.8, 4) is 0 Å². The van der Waals surface area contributed by atoms with Gasteiger partial charge in [-0.2, -0.15) is 5.10 Å². The molecule has 0 aromatic carbocycles. The van der Waals surface area contributed by atoms with Gasteiger partial charge in [-0.3, -0.25) is 4.68 Å². The van der Waals surface area contributed by atoms with Gasteiger partial charge in [0.1, 0.15) is 3.70 Å². The number of halogens is 1. The molecule has 2 rings (SSSR count). The summed E-state index contributed by atoms with van der Waals surface area (Å²) in [5.74, 6) is 0.890. The highest BCUT2D eigenvalue weighted by Crippen LogP contribution is 2.25. The summed E-state index contributed by atoms with van der Waals surface area (Å²) >= 11 is 2.26. The van der Waals surface area contributed by atoms with Crippen LogP contribution in [0.25, 0.3) is 0 Å². The lowest BCUT2D eigenvalue weighted by atomic mass is 10.1. The van der Waals surface area contributed by atoms with E-state index >= 15 is 0 Å². The lowest BCUT2D eigenvalue weighted by Crippen LogP contribution is -2.07. The predicted molar refractivity (Wildman–Crippen MR) is 56.9 cm³/mol. The van der Waals surface area contributed by atoms with Crippen molar-refractivity contribution in [3.63, 3.8) is 0 Å². The van der Waals surface area contributed by atoms with Crippen LogP contribution in [-0.2, 0) is 6.54 Å². The molecule has 0 amide bonds. The van der Waals surface area contributed by atoms with Gasteiger partial charge in [-0.15, -0.1) is 0 Å². The summed E-state index contributed by atoms with van der Waals surface area (Å²) in [7, 11) is 0. The van der Waals surface area contributed by atoms with Crippen LogP contribution < -0.4 is 0 Å². The average Bonchev–Trinajstić information content (AvgIpc) is 2.63. The highest BCUT2D eigenvalue weighted by Gasteiger charge is 2.15. The Balaban J connectivity index is 1.94. The molecule has 1 fully saturated rings. The van der Waals surface area contributed by atoms with Crippen molar-refractivity contribution in [2.75, 3.05) is 0 Å². The quantitative estimate of drug-likeness (QED) is 0.759. The molecule has 1 saturated carbocycles. The molecule has 1 aromatic rings. The third kappa shape index (κ3) is 2.00. The third-order valence-electron chi connectivity index (χ3n) is 2.53. The van der Waals surface area contributed by atoms with Gasteiger partial charge in [0, 0.05) is 12.7 Å². The van der Waals surface area contributed by atoms with Gasteiger partial charge in [0.15, 0.2) is 0 Å². The molecular weight excluding hydrogens is 263 g/mol. The van der Waals surface area contributed by atoms with Gasteiger partial charge in [-0.1, -0.05) is 12.8 Å². The van der Waals surface area contributed by atoms with Crippen LogP contribution in [0, 0.1) is 9.62 Å². The second-order valence-electron chi connectivity index (χ2n) is 3.51. The normalized spacial score (nSPS) is 18.8. The molecule has 12 heavy (non-hydrogen) atoms. The fraction of sp³-hybridized carbons (Fsp3) is 0.667. The number of hydrogen-bond donors (Lipinski definition) is 0. The first-order valence-corrected chi connectivity index (χ1v) is 5.61. The number of hydrogen-bond acceptors (Lipinski definition) is 1. The molecule has 0 saturated heterocycles. The first-order valence-electron chi connectivity index (χ1n) is 4.53. The van der Waals surface area contributed by atoms with Crippen molar-refractivity contribution in [3.05, 3.63) is 16.0 Å². The number of aromatic nitrogens is 2. The first-order chi connectivity index (χ1) is 5.84. The Labute approximate surface area is 86.5 Å². The highest BCUT2D eigenvalue weighted by molar-refractivity contribution is 14.1. The molecular formula is C9H13IN2. The largest absolute Gasteiger partial charge is 0.271 e. The molecule has 1 aliphatic rings. The summed E-state index contributed by atoms with van der Waals surface area (Å²) < 4.78 is 3.18. The van der Waals surface area contributed by atoms with E-state index < -0.39 is 0 Å². The number of nitrogens with zero attached hydrogens (tertiary/aromatic N) is 2. The van der Waals surface area contributed by atoms with Crippen LogP contribution in [0.5, 0.6) is 0 Å². The lowest BCUT2D eigenvalue weighted by Gasteiger charge is -2.07. The Kier molecular flexibility index (Phi) is 2.68. The highest BCUT2D eigenvalue weighted by atomic mass is 127. The van der Waals surface area contributed by atoms with Crippen molar-refractivity contribution in [1.82, 2.24) is 9.78 Å². The maximum Gasteiger partial charge on any atom is 0.123 e. The molecule has 0 unspecified atom stereocenters. The van der Waals surface area contributed by atoms with Crippen molar-refractivity contribution in [2.24, 2.45) is 5.92 Å². The van der Waals surface area contributed by atoms with Gasteiger partial charge in [0.2, 0.25) is 0 Å². The van der Waals surface area contributed by atoms with Crippen LogP contribution >= 0.6 is 22.6 Å². The Morgan fingerprint density at radius 1 is 1.50 bits per heavy atom. The molecule has 2 nitrogen and oxygen atoms in total. The van der Waals surface area contributed by atoms with E-state index in [1.54, 1.807) is 0 Å². The van der Waals surface area contributed by atoms with Gasteiger partial charge in [-0.25, -0.2) is 0 Å². The van der Waals surface area contributed by atoms with Crippen LogP contribution in [0.2, 0.25) is 0 Å². The second kappa shape index (κ2) is 3.77. The summed E-state index contributed by atoms with van der Waals surface area (Å²) in [5.41, 5.74) is 0. The molecule has 0 spiro atoms. The van der Waals surface area contributed by atoms with Gasteiger partial charge < -0.3 is 0 Å². The topological polar surface area (TPSA) is 17.8 Å². The van der Waals surface area contributed by atoms with Crippen LogP contribution in [0.4, 0.5) is 0 Å². The zero-order valence-electron chi connectivity index (χ0n) is 7.04. The van der Waals surface area contributed by atoms with Crippen LogP contribution in [0.15, 0.2) is 12.3 Å². The minimum absolute atomic E-state index is 0.890. The first kappa shape index (κ1) is 8.53. The van der Waals surface area contributed by atoms with E-state index in [1.165, 1.54) is 25.7 Å². The lowest BCUT2D eigenvalue weighted by molar-refractivity contribution is 0.428. The standard InChI is InChI=1S/C9H13IN2/c10-9-5-6-12(11-9)7-8-3-1-2-4-8/h5-6,8H,1-4,7H2. The molecule has 0 radical (unpaired) electrons. The van der Waals surface area contributed by atoms with E-state index in [2.05, 4.69) is 44.6 Å². The van der Waals surface area contributed by atoms with Gasteiger partial charge in [-0.05, 0) is 47.4 Å². The maximum absolute atomic E-state index is 4.38. The maximum atomic E-state index is 4.38. The molecule has 1 aromatic heterocycles. The SMILES string of the molecule is Ic1ccn(CC2CCCC2)n1. The van der Waals surface area contributed by atoms with Gasteiger partial charge in [0.05, 0.1) is 0 Å². The Morgan fingerprint density at radius 2 is 2.25 bits per heavy atom. The Morgan fingerprint density at radius 3 is 2.83 bits per heavy atom. The summed E-state index contributed by atoms with van der Waals surface area (Å²) in [4.78, 5) is 0. The Bertz CT molecular complexity index is 251. The summed E-state index contributed by atoms with van der Waals surface area (Å²) in [5, 5.41) is 4.38. The van der Waals surface area contributed by atoms with Crippen LogP contribution in [0.1, 0.15) is 25.7 Å². The third-order valence-corrected chi connectivity index (χ3v) is 3.10. The summed E-state index contributed by atoms with van der Waals surface area (Å²) in [6, 6.07) is 2.06. The minimum Gasteiger partial charge on any atom is -0.271 e. The van der Waals surface area contributed by atoms with Crippen LogP contribution in [0.3, 0.4) is 0 Å². The molecule has 0 atom stereocenters. The van der Waals surface area contributed by atoms with Crippen molar-refractivity contribution in [1.29, 1.82) is 0 Å². The van der Waals surface area contributed by atoms with Crippen molar-refractivity contribution >= 4 is 22.6 Å². The average molecular weight is 276 g/mol. The fourth-order valence-corrected chi connectivity index (χ4v) is 2.33. The van der Waals surface area contributed by atoms with E-state index in [4.69, 9.17) is 0 Å². The van der Waals surface area contributed by atoms with Gasteiger partial charge >= 0.3 is 0 Å². The molecule has 0 aliphatic heterocycles. The summed E-state index contributed by atoms with van der Waals surface area (Å²) in [6.45, 7) is 1.13. The minimum atomic E-state index is 0.890. The molecule has 0 bridgehead atoms. The van der Waals surface area contributed by atoms with E-state index in [1.807, 2.05) is 0 Å². The zero-order chi connectivity index (χ0) is 8.39. The van der Waals surface area contributed by atoms with E-state index in [0.717, 1.165) is 16.2 Å². The molecule has 3 heteroatoms. The second-order valence-corrected chi connectivity index (χ2v) is 4.62. The zero-order valence-corrected chi connectivity index (χ0v) is 9.20. The van der Waals surface area contributed by atoms with Crippen molar-refractivity contribution < 1.29 is 0 Å². The van der Waals surface area contributed by atoms with E-state index in [0.29, 0.717) is 0 Å². The molecule has 1 heterocycles. The van der Waals surface area contributed by atoms with Crippen molar-refractivity contribution in [2.45, 2.75) is 32.2 Å². The smallest absolute Gasteiger partial charge is 0.123 e. The van der Waals surface area contributed by atoms with E-state index in [9.17, 15) is 0 Å². The van der Waals surface area contributed by atoms with E-state index in [-0.39, 0.29) is 0 Å². The predicted octanol–water partition coefficient (Wildman–Crippen LogP) is 2.68. The summed E-state index contributed by atoms with van der Waals surface area (Å²) in [6.07, 6.45) is 7.72. The number of rotatable bonds is 2. The molecule has 0 N–H and O–H groups in total. The van der Waals surface area contributed by atoms with Crippen LogP contribution in [-0.4, -0.2) is 9.78 Å². The Hall–Kier alpha value is -0.0600. The molecule has 66 valence electrons.